The number of hydrogen-bond donors (Lipinski definition) is 2. The fraction of sp³-hybridized carbons (Fsp3) is 0.364. The van der Waals surface area contributed by atoms with Crippen molar-refractivity contribution in [3.8, 4) is 0 Å². The Morgan fingerprint density at radius 2 is 1.83 bits per heavy atom. The Labute approximate surface area is 177 Å². The van der Waals surface area contributed by atoms with Crippen molar-refractivity contribution in [1.82, 2.24) is 14.3 Å². The third-order valence-corrected chi connectivity index (χ3v) is 6.29. The summed E-state index contributed by atoms with van der Waals surface area (Å²) in [6, 6.07) is 12.2. The van der Waals surface area contributed by atoms with Gasteiger partial charge in [0.25, 0.3) is 5.91 Å². The van der Waals surface area contributed by atoms with Crippen LogP contribution in [-0.2, 0) is 16.6 Å². The number of amides is 1. The van der Waals surface area contributed by atoms with Gasteiger partial charge in [-0.25, -0.2) is 18.1 Å². The minimum absolute atomic E-state index is 0.0511. The first-order valence-corrected chi connectivity index (χ1v) is 11.4. The Hall–Kier alpha value is -2.71. The SMILES string of the molecule is CCCn1c(NC(=O)c2cc(S(=O)(=O)NC(C)(C)C)ccc2C)nc2ccccc21. The van der Waals surface area contributed by atoms with E-state index >= 15 is 0 Å². The van der Waals surface area contributed by atoms with E-state index in [-0.39, 0.29) is 4.90 Å². The van der Waals surface area contributed by atoms with Crippen molar-refractivity contribution in [2.75, 3.05) is 5.32 Å². The summed E-state index contributed by atoms with van der Waals surface area (Å²) < 4.78 is 30.0. The highest BCUT2D eigenvalue weighted by Gasteiger charge is 2.24. The number of benzene rings is 2. The molecule has 2 aromatic carbocycles. The number of carbonyl (C=O) groups excluding carboxylic acids is 1. The molecular formula is C22H28N4O3S. The summed E-state index contributed by atoms with van der Waals surface area (Å²) in [4.78, 5) is 17.7. The molecule has 0 fully saturated rings. The summed E-state index contributed by atoms with van der Waals surface area (Å²) in [7, 11) is -3.75. The number of sulfonamides is 1. The fourth-order valence-electron chi connectivity index (χ4n) is 3.26. The number of nitrogens with zero attached hydrogens (tertiary/aromatic N) is 2. The van der Waals surface area contributed by atoms with Crippen LogP contribution < -0.4 is 10.0 Å². The highest BCUT2D eigenvalue weighted by atomic mass is 32.2. The maximum Gasteiger partial charge on any atom is 0.258 e. The van der Waals surface area contributed by atoms with Crippen LogP contribution in [0, 0.1) is 6.92 Å². The summed E-state index contributed by atoms with van der Waals surface area (Å²) in [5.74, 6) is 0.0523. The van der Waals surface area contributed by atoms with E-state index in [2.05, 4.69) is 21.9 Å². The van der Waals surface area contributed by atoms with Gasteiger partial charge in [0.15, 0.2) is 0 Å². The molecule has 7 nitrogen and oxygen atoms in total. The monoisotopic (exact) mass is 428 g/mol. The quantitative estimate of drug-likeness (QED) is 0.619. The molecule has 160 valence electrons. The average molecular weight is 429 g/mol. The Morgan fingerprint density at radius 1 is 1.13 bits per heavy atom. The summed E-state index contributed by atoms with van der Waals surface area (Å²) in [6.07, 6.45) is 0.883. The van der Waals surface area contributed by atoms with Crippen LogP contribution in [0.4, 0.5) is 5.95 Å². The van der Waals surface area contributed by atoms with Gasteiger partial charge in [-0.15, -0.1) is 0 Å². The maximum atomic E-state index is 13.1. The number of nitrogens with one attached hydrogen (secondary N) is 2. The van der Waals surface area contributed by atoms with Crippen LogP contribution in [0.5, 0.6) is 0 Å². The molecule has 8 heteroatoms. The second-order valence-electron chi connectivity index (χ2n) is 8.36. The lowest BCUT2D eigenvalue weighted by Gasteiger charge is -2.20. The van der Waals surface area contributed by atoms with Gasteiger partial charge in [-0.3, -0.25) is 10.1 Å². The molecule has 0 aliphatic rings. The number of imidazole rings is 1. The van der Waals surface area contributed by atoms with E-state index < -0.39 is 21.5 Å². The number of fused-ring (bicyclic) bond motifs is 1. The Morgan fingerprint density at radius 3 is 2.50 bits per heavy atom. The summed E-state index contributed by atoms with van der Waals surface area (Å²) in [6.45, 7) is 9.84. The molecule has 0 radical (unpaired) electrons. The van der Waals surface area contributed by atoms with E-state index in [1.165, 1.54) is 12.1 Å². The zero-order chi connectivity index (χ0) is 22.1. The number of aromatic nitrogens is 2. The lowest BCUT2D eigenvalue weighted by molar-refractivity contribution is 0.102. The zero-order valence-corrected chi connectivity index (χ0v) is 18.8. The van der Waals surface area contributed by atoms with Gasteiger partial charge in [-0.05, 0) is 63.9 Å². The van der Waals surface area contributed by atoms with Crippen LogP contribution in [0.2, 0.25) is 0 Å². The van der Waals surface area contributed by atoms with Crippen molar-refractivity contribution in [1.29, 1.82) is 0 Å². The Bertz CT molecular complexity index is 1190. The van der Waals surface area contributed by atoms with Crippen molar-refractivity contribution in [2.45, 2.75) is 58.0 Å². The second-order valence-corrected chi connectivity index (χ2v) is 10.0. The van der Waals surface area contributed by atoms with Crippen molar-refractivity contribution in [3.63, 3.8) is 0 Å². The third-order valence-electron chi connectivity index (χ3n) is 4.53. The van der Waals surface area contributed by atoms with Gasteiger partial charge >= 0.3 is 0 Å². The molecule has 3 rings (SSSR count). The van der Waals surface area contributed by atoms with Gasteiger partial charge in [0.1, 0.15) is 0 Å². The van der Waals surface area contributed by atoms with Gasteiger partial charge < -0.3 is 4.57 Å². The summed E-state index contributed by atoms with van der Waals surface area (Å²) in [5, 5.41) is 2.87. The average Bonchev–Trinajstić information content (AvgIpc) is 2.97. The maximum absolute atomic E-state index is 13.1. The van der Waals surface area contributed by atoms with E-state index in [0.717, 1.165) is 17.5 Å². The van der Waals surface area contributed by atoms with Crippen LogP contribution >= 0.6 is 0 Å². The standard InChI is InChI=1S/C22H28N4O3S/c1-6-13-26-19-10-8-7-9-18(19)23-21(26)24-20(27)17-14-16(12-11-15(17)2)30(28,29)25-22(3,4)5/h7-12,14,25H,6,13H2,1-5H3,(H,23,24,27). The highest BCUT2D eigenvalue weighted by Crippen LogP contribution is 2.22. The molecule has 3 aromatic rings. The summed E-state index contributed by atoms with van der Waals surface area (Å²) >= 11 is 0. The molecule has 1 amide bonds. The predicted molar refractivity (Wildman–Crippen MR) is 119 cm³/mol. The van der Waals surface area contributed by atoms with Gasteiger partial charge in [0.05, 0.1) is 15.9 Å². The zero-order valence-electron chi connectivity index (χ0n) is 18.0. The molecule has 1 aromatic heterocycles. The minimum atomic E-state index is -3.75. The molecule has 1 heterocycles. The molecule has 0 atom stereocenters. The van der Waals surface area contributed by atoms with Gasteiger partial charge in [-0.2, -0.15) is 0 Å². The van der Waals surface area contributed by atoms with Gasteiger partial charge in [0.2, 0.25) is 16.0 Å². The molecule has 0 saturated heterocycles. The number of para-hydroxylation sites is 2. The van der Waals surface area contributed by atoms with Crippen LogP contribution in [0.15, 0.2) is 47.4 Å². The summed E-state index contributed by atoms with van der Waals surface area (Å²) in [5.41, 5.74) is 2.08. The number of anilines is 1. The molecule has 0 bridgehead atoms. The topological polar surface area (TPSA) is 93.1 Å². The first-order valence-electron chi connectivity index (χ1n) is 9.93. The lowest BCUT2D eigenvalue weighted by Crippen LogP contribution is -2.40. The molecule has 30 heavy (non-hydrogen) atoms. The van der Waals surface area contributed by atoms with E-state index in [1.807, 2.05) is 28.8 Å². The molecule has 0 unspecified atom stereocenters. The highest BCUT2D eigenvalue weighted by molar-refractivity contribution is 7.89. The number of rotatable bonds is 6. The number of hydrogen-bond acceptors (Lipinski definition) is 4. The van der Waals surface area contributed by atoms with Crippen LogP contribution in [0.3, 0.4) is 0 Å². The number of aryl methyl sites for hydroxylation is 2. The van der Waals surface area contributed by atoms with Crippen LogP contribution in [0.25, 0.3) is 11.0 Å². The molecule has 0 saturated carbocycles. The molecule has 0 aliphatic carbocycles. The van der Waals surface area contributed by atoms with Crippen LogP contribution in [0.1, 0.15) is 50.0 Å². The smallest absolute Gasteiger partial charge is 0.258 e. The Balaban J connectivity index is 1.97. The number of carbonyl (C=O) groups is 1. The minimum Gasteiger partial charge on any atom is -0.310 e. The normalized spacial score (nSPS) is 12.3. The van der Waals surface area contributed by atoms with E-state index in [1.54, 1.807) is 33.8 Å². The molecule has 0 spiro atoms. The first kappa shape index (κ1) is 22.0. The lowest BCUT2D eigenvalue weighted by atomic mass is 10.1. The molecule has 2 N–H and O–H groups in total. The van der Waals surface area contributed by atoms with Crippen molar-refractivity contribution in [3.05, 3.63) is 53.6 Å². The Kier molecular flexibility index (Phi) is 6.01. The fourth-order valence-corrected chi connectivity index (χ4v) is 4.71. The molecular weight excluding hydrogens is 400 g/mol. The van der Waals surface area contributed by atoms with E-state index in [4.69, 9.17) is 0 Å². The van der Waals surface area contributed by atoms with Gasteiger partial charge in [-0.1, -0.05) is 25.1 Å². The third kappa shape index (κ3) is 4.71. The first-order chi connectivity index (χ1) is 14.0. The van der Waals surface area contributed by atoms with Crippen molar-refractivity contribution in [2.24, 2.45) is 0 Å². The largest absolute Gasteiger partial charge is 0.310 e. The van der Waals surface area contributed by atoms with Crippen molar-refractivity contribution >= 4 is 32.9 Å². The van der Waals surface area contributed by atoms with E-state index in [9.17, 15) is 13.2 Å². The predicted octanol–water partition coefficient (Wildman–Crippen LogP) is 4.08. The van der Waals surface area contributed by atoms with Gasteiger partial charge in [0, 0.05) is 17.6 Å². The van der Waals surface area contributed by atoms with E-state index in [0.29, 0.717) is 23.6 Å². The molecule has 0 aliphatic heterocycles. The van der Waals surface area contributed by atoms with Crippen molar-refractivity contribution < 1.29 is 13.2 Å². The van der Waals surface area contributed by atoms with Crippen LogP contribution in [-0.4, -0.2) is 29.4 Å². The second kappa shape index (κ2) is 8.20.